The summed E-state index contributed by atoms with van der Waals surface area (Å²) in [6, 6.07) is 12.5. The third kappa shape index (κ3) is 6.53. The lowest BCUT2D eigenvalue weighted by atomic mass is 10.0. The Bertz CT molecular complexity index is 1170. The lowest BCUT2D eigenvalue weighted by Gasteiger charge is -2.35. The number of pyridine rings is 2. The van der Waals surface area contributed by atoms with E-state index >= 15 is 0 Å². The van der Waals surface area contributed by atoms with Crippen molar-refractivity contribution in [1.29, 1.82) is 0 Å². The lowest BCUT2D eigenvalue weighted by molar-refractivity contribution is -0.137. The second-order valence-corrected chi connectivity index (χ2v) is 10.4. The van der Waals surface area contributed by atoms with Crippen molar-refractivity contribution in [3.05, 3.63) is 66.6 Å². The van der Waals surface area contributed by atoms with Crippen LogP contribution in [0.15, 0.2) is 66.0 Å². The number of piperidine rings is 1. The molecule has 0 spiro atoms. The van der Waals surface area contributed by atoms with Crippen LogP contribution in [-0.2, 0) is 6.18 Å². The minimum atomic E-state index is -4.42. The number of rotatable bonds is 6. The highest BCUT2D eigenvalue weighted by molar-refractivity contribution is 7.97. The zero-order valence-electron chi connectivity index (χ0n) is 20.2. The first-order valence-corrected chi connectivity index (χ1v) is 13.0. The summed E-state index contributed by atoms with van der Waals surface area (Å²) >= 11 is 1.59. The molecule has 2 saturated heterocycles. The average Bonchev–Trinajstić information content (AvgIpc) is 2.91. The fourth-order valence-corrected chi connectivity index (χ4v) is 5.51. The van der Waals surface area contributed by atoms with Crippen molar-refractivity contribution >= 4 is 23.5 Å². The third-order valence-electron chi connectivity index (χ3n) is 6.60. The zero-order valence-corrected chi connectivity index (χ0v) is 21.0. The number of anilines is 2. The molecule has 37 heavy (non-hydrogen) atoms. The van der Waals surface area contributed by atoms with Crippen molar-refractivity contribution in [2.75, 3.05) is 49.5 Å². The predicted octanol–water partition coefficient (Wildman–Crippen LogP) is 4.13. The van der Waals surface area contributed by atoms with Gasteiger partial charge < -0.3 is 20.6 Å². The van der Waals surface area contributed by atoms with Crippen molar-refractivity contribution < 1.29 is 18.3 Å². The Balaban J connectivity index is 1.15. The molecule has 2 unspecified atom stereocenters. The highest BCUT2D eigenvalue weighted by Gasteiger charge is 2.31. The summed E-state index contributed by atoms with van der Waals surface area (Å²) in [7, 11) is 0. The van der Waals surface area contributed by atoms with Crippen LogP contribution in [0.4, 0.5) is 24.7 Å². The van der Waals surface area contributed by atoms with Gasteiger partial charge in [-0.1, -0.05) is 12.1 Å². The summed E-state index contributed by atoms with van der Waals surface area (Å²) in [4.78, 5) is 11.7. The third-order valence-corrected chi connectivity index (χ3v) is 7.67. The fraction of sp³-hybridized carbons (Fsp3) is 0.385. The Morgan fingerprint density at radius 2 is 1.76 bits per heavy atom. The minimum absolute atomic E-state index is 0.279. The van der Waals surface area contributed by atoms with Gasteiger partial charge in [-0.15, -0.1) is 0 Å². The highest BCUT2D eigenvalue weighted by Crippen LogP contribution is 2.31. The minimum Gasteiger partial charge on any atom is -0.390 e. The molecule has 0 bridgehead atoms. The number of hydrogen-bond acceptors (Lipinski definition) is 8. The van der Waals surface area contributed by atoms with Crippen LogP contribution in [0.3, 0.4) is 0 Å². The number of benzene rings is 1. The van der Waals surface area contributed by atoms with Gasteiger partial charge in [-0.25, -0.2) is 9.29 Å². The average molecular weight is 531 g/mol. The van der Waals surface area contributed by atoms with Crippen LogP contribution in [0.1, 0.15) is 12.0 Å². The molecule has 4 heterocycles. The topological polar surface area (TPSA) is 76.6 Å². The molecule has 2 fully saturated rings. The van der Waals surface area contributed by atoms with Gasteiger partial charge in [0.05, 0.1) is 29.6 Å². The first-order valence-electron chi connectivity index (χ1n) is 12.3. The van der Waals surface area contributed by atoms with E-state index in [1.165, 1.54) is 6.07 Å². The van der Waals surface area contributed by atoms with E-state index in [2.05, 4.69) is 60.1 Å². The van der Waals surface area contributed by atoms with Gasteiger partial charge in [-0.2, -0.15) is 13.2 Å². The number of alkyl halides is 3. The SMILES string of the molecule is OC1CN(Sc2ccc(-c3cncc(N4CCNCC4)c3)cc2)CCC1Nc1ccc(C(F)(F)F)cn1. The molecular formula is C26H29F3N6OS. The summed E-state index contributed by atoms with van der Waals surface area (Å²) in [6.45, 7) is 5.05. The molecule has 0 saturated carbocycles. The number of halogens is 3. The lowest BCUT2D eigenvalue weighted by Crippen LogP contribution is -2.47. The van der Waals surface area contributed by atoms with Crippen molar-refractivity contribution in [2.45, 2.75) is 29.6 Å². The van der Waals surface area contributed by atoms with E-state index < -0.39 is 17.8 Å². The van der Waals surface area contributed by atoms with Crippen LogP contribution in [0.25, 0.3) is 11.1 Å². The maximum absolute atomic E-state index is 12.7. The summed E-state index contributed by atoms with van der Waals surface area (Å²) in [5, 5.41) is 17.1. The van der Waals surface area contributed by atoms with Gasteiger partial charge in [-0.05, 0) is 54.3 Å². The molecule has 1 aromatic carbocycles. The van der Waals surface area contributed by atoms with Gasteiger partial charge in [0.25, 0.3) is 0 Å². The molecule has 5 rings (SSSR count). The second kappa shape index (κ2) is 11.3. The van der Waals surface area contributed by atoms with Crippen molar-refractivity contribution in [1.82, 2.24) is 19.6 Å². The van der Waals surface area contributed by atoms with E-state index in [0.29, 0.717) is 18.8 Å². The van der Waals surface area contributed by atoms with Crippen LogP contribution in [0.2, 0.25) is 0 Å². The summed E-state index contributed by atoms with van der Waals surface area (Å²) in [5.41, 5.74) is 2.52. The predicted molar refractivity (Wildman–Crippen MR) is 139 cm³/mol. The molecule has 11 heteroatoms. The Morgan fingerprint density at radius 3 is 2.43 bits per heavy atom. The normalized spacial score (nSPS) is 21.1. The van der Waals surface area contributed by atoms with Gasteiger partial charge in [0.15, 0.2) is 0 Å². The largest absolute Gasteiger partial charge is 0.417 e. The molecule has 2 aliphatic heterocycles. The van der Waals surface area contributed by atoms with E-state index in [-0.39, 0.29) is 6.04 Å². The molecule has 196 valence electrons. The highest BCUT2D eigenvalue weighted by atomic mass is 32.2. The van der Waals surface area contributed by atoms with Gasteiger partial charge in [-0.3, -0.25) is 4.98 Å². The maximum Gasteiger partial charge on any atom is 0.417 e. The second-order valence-electron chi connectivity index (χ2n) is 9.21. The maximum atomic E-state index is 12.7. The molecule has 2 aliphatic rings. The van der Waals surface area contributed by atoms with E-state index in [0.717, 1.165) is 66.7 Å². The molecule has 0 amide bonds. The number of β-amino-alcohol motifs (C(OH)–C–C–N with tert-alkyl or cyclic N) is 1. The van der Waals surface area contributed by atoms with Gasteiger partial charge in [0.2, 0.25) is 0 Å². The molecule has 7 nitrogen and oxygen atoms in total. The van der Waals surface area contributed by atoms with E-state index in [1.54, 1.807) is 11.9 Å². The monoisotopic (exact) mass is 530 g/mol. The number of aromatic nitrogens is 2. The Hall–Kier alpha value is -2.86. The zero-order chi connectivity index (χ0) is 25.8. The first kappa shape index (κ1) is 25.8. The van der Waals surface area contributed by atoms with Gasteiger partial charge in [0.1, 0.15) is 5.82 Å². The Kier molecular flexibility index (Phi) is 7.84. The smallest absolute Gasteiger partial charge is 0.390 e. The number of nitrogens with one attached hydrogen (secondary N) is 2. The van der Waals surface area contributed by atoms with Crippen LogP contribution < -0.4 is 15.5 Å². The van der Waals surface area contributed by atoms with E-state index in [1.807, 2.05) is 12.4 Å². The Labute approximate surface area is 218 Å². The molecule has 0 aliphatic carbocycles. The van der Waals surface area contributed by atoms with Crippen LogP contribution in [0.5, 0.6) is 0 Å². The van der Waals surface area contributed by atoms with Crippen LogP contribution in [0, 0.1) is 0 Å². The molecule has 2 aromatic heterocycles. The molecule has 3 N–H and O–H groups in total. The fourth-order valence-electron chi connectivity index (χ4n) is 4.53. The van der Waals surface area contributed by atoms with Gasteiger partial charge in [0, 0.05) is 62.1 Å². The number of nitrogens with zero attached hydrogens (tertiary/aromatic N) is 4. The summed E-state index contributed by atoms with van der Waals surface area (Å²) in [6.07, 6.45) is 0.144. The van der Waals surface area contributed by atoms with Crippen molar-refractivity contribution in [2.24, 2.45) is 0 Å². The molecule has 2 atom stereocenters. The quantitative estimate of drug-likeness (QED) is 0.411. The van der Waals surface area contributed by atoms with E-state index in [9.17, 15) is 18.3 Å². The van der Waals surface area contributed by atoms with Crippen molar-refractivity contribution in [3.63, 3.8) is 0 Å². The van der Waals surface area contributed by atoms with Crippen LogP contribution in [-0.4, -0.2) is 70.8 Å². The Morgan fingerprint density at radius 1 is 0.973 bits per heavy atom. The van der Waals surface area contributed by atoms with Gasteiger partial charge >= 0.3 is 6.18 Å². The van der Waals surface area contributed by atoms with Crippen molar-refractivity contribution in [3.8, 4) is 11.1 Å². The molecule has 0 radical (unpaired) electrons. The van der Waals surface area contributed by atoms with Crippen LogP contribution >= 0.6 is 11.9 Å². The standard InChI is InChI=1S/C26H29F3N6OS/c27-26(28,29)20-3-6-25(32-15-20)33-23-7-10-35(17-24(23)36)37-22-4-1-18(2-5-22)19-13-21(16-31-14-19)34-11-8-30-9-12-34/h1-6,13-16,23-24,30,36H,7-12,17H2,(H,32,33). The molecule has 3 aromatic rings. The number of aliphatic hydroxyl groups excluding tert-OH is 1. The molecular weight excluding hydrogens is 501 g/mol. The number of piperazine rings is 1. The first-order chi connectivity index (χ1) is 17.8. The summed E-state index contributed by atoms with van der Waals surface area (Å²) < 4.78 is 40.3. The number of hydrogen-bond donors (Lipinski definition) is 3. The number of aliphatic hydroxyl groups is 1. The van der Waals surface area contributed by atoms with E-state index in [4.69, 9.17) is 0 Å². The summed E-state index contributed by atoms with van der Waals surface area (Å²) in [5.74, 6) is 0.323.